The second-order valence-corrected chi connectivity index (χ2v) is 8.25. The third-order valence-corrected chi connectivity index (χ3v) is 6.13. The molecule has 0 amide bonds. The van der Waals surface area contributed by atoms with Crippen LogP contribution in [0.5, 0.6) is 11.5 Å². The molecule has 0 bridgehead atoms. The van der Waals surface area contributed by atoms with Crippen molar-refractivity contribution in [3.8, 4) is 11.5 Å². The molecule has 1 N–H and O–H groups in total. The molecule has 1 aliphatic heterocycles. The van der Waals surface area contributed by atoms with Crippen molar-refractivity contribution in [2.45, 2.75) is 17.9 Å². The Labute approximate surface area is 137 Å². The van der Waals surface area contributed by atoms with Gasteiger partial charge in [-0.2, -0.15) is 0 Å². The Hall–Kier alpha value is -1.28. The summed E-state index contributed by atoms with van der Waals surface area (Å²) < 4.78 is 39.0. The van der Waals surface area contributed by atoms with Gasteiger partial charge in [0.25, 0.3) is 0 Å². The summed E-state index contributed by atoms with van der Waals surface area (Å²) in [6.45, 7) is 2.65. The third kappa shape index (κ3) is 3.22. The number of rotatable bonds is 4. The molecule has 3 rings (SSSR count). The zero-order chi connectivity index (χ0) is 15.7. The molecule has 2 aromatic rings. The molecule has 8 heteroatoms. The maximum atomic E-state index is 12.5. The first-order chi connectivity index (χ1) is 10.5. The Morgan fingerprint density at radius 3 is 2.59 bits per heavy atom. The van der Waals surface area contributed by atoms with E-state index < -0.39 is 10.0 Å². The van der Waals surface area contributed by atoms with Crippen molar-refractivity contribution in [3.05, 3.63) is 39.5 Å². The predicted octanol–water partition coefficient (Wildman–Crippen LogP) is 3.21. The highest BCUT2D eigenvalue weighted by Crippen LogP contribution is 2.33. The van der Waals surface area contributed by atoms with E-state index in [1.54, 1.807) is 19.1 Å². The van der Waals surface area contributed by atoms with Crippen molar-refractivity contribution in [3.63, 3.8) is 0 Å². The van der Waals surface area contributed by atoms with Gasteiger partial charge in [0.15, 0.2) is 11.5 Å². The number of benzene rings is 1. The largest absolute Gasteiger partial charge is 0.486 e. The monoisotopic (exact) mass is 359 g/mol. The molecule has 0 radical (unpaired) electrons. The zero-order valence-corrected chi connectivity index (χ0v) is 14.1. The Morgan fingerprint density at radius 1 is 1.18 bits per heavy atom. The van der Waals surface area contributed by atoms with E-state index in [1.165, 1.54) is 23.5 Å². The number of hydrogen-bond acceptors (Lipinski definition) is 5. The first-order valence-corrected chi connectivity index (χ1v) is 9.31. The molecule has 0 saturated heterocycles. The molecule has 118 valence electrons. The predicted molar refractivity (Wildman–Crippen MR) is 85.5 cm³/mol. The number of nitrogens with one attached hydrogen (secondary N) is 1. The minimum Gasteiger partial charge on any atom is -0.486 e. The van der Waals surface area contributed by atoms with Gasteiger partial charge in [-0.05, 0) is 31.2 Å². The molecule has 1 aromatic heterocycles. The molecular formula is C14H14ClNO4S2. The molecule has 1 aliphatic rings. The number of sulfonamides is 1. The summed E-state index contributed by atoms with van der Waals surface area (Å²) in [6.07, 6.45) is 0. The van der Waals surface area contributed by atoms with Gasteiger partial charge in [0.05, 0.1) is 15.3 Å². The van der Waals surface area contributed by atoms with Gasteiger partial charge in [-0.15, -0.1) is 11.3 Å². The van der Waals surface area contributed by atoms with Crippen LogP contribution in [0.2, 0.25) is 4.34 Å². The molecule has 22 heavy (non-hydrogen) atoms. The van der Waals surface area contributed by atoms with Crippen LogP contribution in [0.25, 0.3) is 0 Å². The van der Waals surface area contributed by atoms with E-state index in [2.05, 4.69) is 4.72 Å². The maximum Gasteiger partial charge on any atom is 0.241 e. The van der Waals surface area contributed by atoms with Crippen molar-refractivity contribution < 1.29 is 17.9 Å². The van der Waals surface area contributed by atoms with Crippen molar-refractivity contribution in [1.29, 1.82) is 0 Å². The molecule has 0 spiro atoms. The zero-order valence-electron chi connectivity index (χ0n) is 11.7. The van der Waals surface area contributed by atoms with Crippen LogP contribution < -0.4 is 14.2 Å². The summed E-state index contributed by atoms with van der Waals surface area (Å²) in [4.78, 5) is 0.998. The lowest BCUT2D eigenvalue weighted by Gasteiger charge is -2.19. The summed E-state index contributed by atoms with van der Waals surface area (Å²) >= 11 is 7.23. The Bertz CT molecular complexity index is 788. The Balaban J connectivity index is 1.83. The molecule has 5 nitrogen and oxygen atoms in total. The third-order valence-electron chi connectivity index (χ3n) is 3.18. The van der Waals surface area contributed by atoms with Crippen LogP contribution in [0.1, 0.15) is 17.8 Å². The molecule has 0 fully saturated rings. The summed E-state index contributed by atoms with van der Waals surface area (Å²) in [7, 11) is -3.65. The van der Waals surface area contributed by atoms with Crippen molar-refractivity contribution in [1.82, 2.24) is 4.72 Å². The molecule has 0 aliphatic carbocycles. The number of halogens is 1. The lowest BCUT2D eigenvalue weighted by Crippen LogP contribution is -2.26. The summed E-state index contributed by atoms with van der Waals surface area (Å²) in [5.74, 6) is 1.00. The van der Waals surface area contributed by atoms with Crippen LogP contribution in [0, 0.1) is 0 Å². The fourth-order valence-electron chi connectivity index (χ4n) is 2.11. The minimum absolute atomic E-state index is 0.145. The van der Waals surface area contributed by atoms with Crippen LogP contribution >= 0.6 is 22.9 Å². The number of fused-ring (bicyclic) bond motifs is 1. The van der Waals surface area contributed by atoms with E-state index in [9.17, 15) is 8.42 Å². The molecule has 0 saturated carbocycles. The Morgan fingerprint density at radius 2 is 1.91 bits per heavy atom. The van der Waals surface area contributed by atoms with E-state index in [-0.39, 0.29) is 10.9 Å². The minimum atomic E-state index is -3.65. The van der Waals surface area contributed by atoms with E-state index in [1.807, 2.05) is 6.07 Å². The summed E-state index contributed by atoms with van der Waals surface area (Å²) in [5.41, 5.74) is 0. The SMILES string of the molecule is CC(NS(=O)(=O)c1ccc2c(c1)OCCO2)c1ccc(Cl)s1. The Kier molecular flexibility index (Phi) is 4.31. The first-order valence-electron chi connectivity index (χ1n) is 6.63. The number of ether oxygens (including phenoxy) is 2. The lowest BCUT2D eigenvalue weighted by molar-refractivity contribution is 0.171. The molecular weight excluding hydrogens is 346 g/mol. The second-order valence-electron chi connectivity index (χ2n) is 4.79. The molecule has 1 aromatic carbocycles. The quantitative estimate of drug-likeness (QED) is 0.910. The smallest absolute Gasteiger partial charge is 0.241 e. The number of hydrogen-bond donors (Lipinski definition) is 1. The van der Waals surface area contributed by atoms with Gasteiger partial charge in [0.2, 0.25) is 10.0 Å². The topological polar surface area (TPSA) is 64.6 Å². The van der Waals surface area contributed by atoms with Gasteiger partial charge in [0, 0.05) is 10.9 Å². The van der Waals surface area contributed by atoms with Crippen LogP contribution in [0.4, 0.5) is 0 Å². The van der Waals surface area contributed by atoms with Gasteiger partial charge in [-0.1, -0.05) is 11.6 Å². The van der Waals surface area contributed by atoms with Gasteiger partial charge in [-0.3, -0.25) is 0 Å². The van der Waals surface area contributed by atoms with Gasteiger partial charge >= 0.3 is 0 Å². The fraction of sp³-hybridized carbons (Fsp3) is 0.286. The molecule has 1 atom stereocenters. The van der Waals surface area contributed by atoms with Crippen LogP contribution in [0.3, 0.4) is 0 Å². The van der Waals surface area contributed by atoms with Crippen molar-refractivity contribution >= 4 is 33.0 Å². The lowest BCUT2D eigenvalue weighted by atomic mass is 10.3. The maximum absolute atomic E-state index is 12.5. The summed E-state index contributed by atoms with van der Waals surface area (Å²) in [5, 5.41) is 0. The standard InChI is InChI=1S/C14H14ClNO4S2/c1-9(13-4-5-14(15)21-13)16-22(17,18)10-2-3-11-12(8-10)20-7-6-19-11/h2-5,8-9,16H,6-7H2,1H3. The van der Waals surface area contributed by atoms with E-state index in [4.69, 9.17) is 21.1 Å². The fourth-order valence-corrected chi connectivity index (χ4v) is 4.49. The van der Waals surface area contributed by atoms with E-state index in [0.29, 0.717) is 29.0 Å². The van der Waals surface area contributed by atoms with E-state index >= 15 is 0 Å². The van der Waals surface area contributed by atoms with Gasteiger partial charge in [-0.25, -0.2) is 13.1 Å². The van der Waals surface area contributed by atoms with Crippen molar-refractivity contribution in [2.24, 2.45) is 0 Å². The van der Waals surface area contributed by atoms with Crippen LogP contribution in [-0.4, -0.2) is 21.6 Å². The van der Waals surface area contributed by atoms with E-state index in [0.717, 1.165) is 4.88 Å². The van der Waals surface area contributed by atoms with Gasteiger partial charge in [0.1, 0.15) is 13.2 Å². The average molecular weight is 360 g/mol. The second kappa shape index (κ2) is 6.08. The first kappa shape index (κ1) is 15.6. The normalized spacial score (nSPS) is 15.5. The van der Waals surface area contributed by atoms with Crippen molar-refractivity contribution in [2.75, 3.05) is 13.2 Å². The highest BCUT2D eigenvalue weighted by molar-refractivity contribution is 7.89. The van der Waals surface area contributed by atoms with Crippen LogP contribution in [0.15, 0.2) is 35.2 Å². The average Bonchev–Trinajstić information content (AvgIpc) is 2.93. The molecule has 2 heterocycles. The highest BCUT2D eigenvalue weighted by atomic mass is 35.5. The number of thiophene rings is 1. The summed E-state index contributed by atoms with van der Waals surface area (Å²) in [6, 6.07) is 7.78. The van der Waals surface area contributed by atoms with Crippen LogP contribution in [-0.2, 0) is 10.0 Å². The van der Waals surface area contributed by atoms with Gasteiger partial charge < -0.3 is 9.47 Å². The highest BCUT2D eigenvalue weighted by Gasteiger charge is 2.22. The molecule has 1 unspecified atom stereocenters.